The van der Waals surface area contributed by atoms with Crippen molar-refractivity contribution in [3.05, 3.63) is 24.2 Å². The first-order valence-electron chi connectivity index (χ1n) is 8.73. The molecule has 2 heterocycles. The largest absolute Gasteiger partial charge is 0.468 e. The fourth-order valence-electron chi connectivity index (χ4n) is 2.85. The molecule has 0 aliphatic carbocycles. The van der Waals surface area contributed by atoms with Crippen molar-refractivity contribution in [1.29, 1.82) is 0 Å². The highest BCUT2D eigenvalue weighted by Crippen LogP contribution is 2.24. The summed E-state index contributed by atoms with van der Waals surface area (Å²) < 4.78 is 5.61. The van der Waals surface area contributed by atoms with Crippen LogP contribution in [0.3, 0.4) is 0 Å². The van der Waals surface area contributed by atoms with Gasteiger partial charge in [0, 0.05) is 20.1 Å². The highest BCUT2D eigenvalue weighted by Gasteiger charge is 2.25. The van der Waals surface area contributed by atoms with Gasteiger partial charge in [-0.25, -0.2) is 0 Å². The molecule has 1 aliphatic heterocycles. The zero-order valence-corrected chi connectivity index (χ0v) is 14.7. The third-order valence-corrected chi connectivity index (χ3v) is 4.13. The van der Waals surface area contributed by atoms with Gasteiger partial charge in [-0.05, 0) is 44.5 Å². The van der Waals surface area contributed by atoms with E-state index in [0.29, 0.717) is 19.0 Å². The smallest absolute Gasteiger partial charge is 0.239 e. The lowest BCUT2D eigenvalue weighted by atomic mass is 10.2. The molecule has 24 heavy (non-hydrogen) atoms. The lowest BCUT2D eigenvalue weighted by molar-refractivity contribution is -0.120. The van der Waals surface area contributed by atoms with Crippen molar-refractivity contribution in [2.24, 2.45) is 4.99 Å². The number of carbonyl (C=O) groups is 1. The standard InChI is InChI=1S/C17H29N5O2/c1-3-8-19-16(23)13-21-17(18-2)20-12-14(15-7-6-11-24-15)22-9-4-5-10-22/h6-7,11,14H,3-5,8-10,12-13H2,1-2H3,(H,19,23)(H2,18,20,21). The van der Waals surface area contributed by atoms with E-state index in [0.717, 1.165) is 25.3 Å². The fraction of sp³-hybridized carbons (Fsp3) is 0.647. The summed E-state index contributed by atoms with van der Waals surface area (Å²) in [6, 6.07) is 4.11. The average Bonchev–Trinajstić information content (AvgIpc) is 3.30. The zero-order valence-electron chi connectivity index (χ0n) is 14.7. The van der Waals surface area contributed by atoms with Crippen LogP contribution in [0.1, 0.15) is 38.0 Å². The van der Waals surface area contributed by atoms with Gasteiger partial charge in [-0.1, -0.05) is 6.92 Å². The van der Waals surface area contributed by atoms with Crippen LogP contribution in [0.25, 0.3) is 0 Å². The van der Waals surface area contributed by atoms with Gasteiger partial charge in [-0.15, -0.1) is 0 Å². The minimum atomic E-state index is -0.0260. The van der Waals surface area contributed by atoms with Crippen LogP contribution < -0.4 is 16.0 Å². The predicted molar refractivity (Wildman–Crippen MR) is 94.9 cm³/mol. The number of hydrogen-bond donors (Lipinski definition) is 3. The molecule has 2 rings (SSSR count). The Morgan fingerprint density at radius 1 is 1.33 bits per heavy atom. The molecule has 7 nitrogen and oxygen atoms in total. The van der Waals surface area contributed by atoms with Crippen LogP contribution in [0.2, 0.25) is 0 Å². The molecule has 0 aromatic carbocycles. The quantitative estimate of drug-likeness (QED) is 0.490. The highest BCUT2D eigenvalue weighted by atomic mass is 16.3. The maximum absolute atomic E-state index is 11.7. The predicted octanol–water partition coefficient (Wildman–Crippen LogP) is 1.11. The van der Waals surface area contributed by atoms with Gasteiger partial charge in [0.1, 0.15) is 5.76 Å². The lowest BCUT2D eigenvalue weighted by Gasteiger charge is -2.26. The Bertz CT molecular complexity index is 509. The summed E-state index contributed by atoms with van der Waals surface area (Å²) in [5.74, 6) is 1.56. The van der Waals surface area contributed by atoms with Gasteiger partial charge in [0.15, 0.2) is 5.96 Å². The Labute approximate surface area is 143 Å². The number of guanidine groups is 1. The van der Waals surface area contributed by atoms with Crippen LogP contribution >= 0.6 is 0 Å². The number of nitrogens with one attached hydrogen (secondary N) is 3. The van der Waals surface area contributed by atoms with Gasteiger partial charge in [0.05, 0.1) is 18.8 Å². The van der Waals surface area contributed by atoms with Crippen LogP contribution in [-0.2, 0) is 4.79 Å². The SMILES string of the molecule is CCCNC(=O)CNC(=NC)NCC(c1ccco1)N1CCCC1. The molecule has 1 atom stereocenters. The molecular weight excluding hydrogens is 306 g/mol. The van der Waals surface area contributed by atoms with Crippen LogP contribution in [0.5, 0.6) is 0 Å². The van der Waals surface area contributed by atoms with Gasteiger partial charge < -0.3 is 20.4 Å². The van der Waals surface area contributed by atoms with Crippen molar-refractivity contribution in [3.63, 3.8) is 0 Å². The van der Waals surface area contributed by atoms with Gasteiger partial charge in [0.25, 0.3) is 0 Å². The first-order chi connectivity index (χ1) is 11.7. The molecule has 0 spiro atoms. The average molecular weight is 335 g/mol. The van der Waals surface area contributed by atoms with E-state index in [1.165, 1.54) is 12.8 Å². The number of likely N-dealkylation sites (tertiary alicyclic amines) is 1. The first-order valence-corrected chi connectivity index (χ1v) is 8.73. The van der Waals surface area contributed by atoms with E-state index in [2.05, 4.69) is 25.8 Å². The van der Waals surface area contributed by atoms with E-state index < -0.39 is 0 Å². The molecule has 134 valence electrons. The molecule has 1 aromatic heterocycles. The van der Waals surface area contributed by atoms with E-state index in [4.69, 9.17) is 4.42 Å². The molecular formula is C17H29N5O2. The van der Waals surface area contributed by atoms with Crippen LogP contribution in [0.4, 0.5) is 0 Å². The van der Waals surface area contributed by atoms with Crippen molar-refractivity contribution in [1.82, 2.24) is 20.9 Å². The van der Waals surface area contributed by atoms with Crippen LogP contribution in [-0.4, -0.2) is 56.5 Å². The normalized spacial score (nSPS) is 16.8. The monoisotopic (exact) mass is 335 g/mol. The van der Waals surface area contributed by atoms with Gasteiger partial charge >= 0.3 is 0 Å². The third kappa shape index (κ3) is 5.56. The van der Waals surface area contributed by atoms with Crippen molar-refractivity contribution in [3.8, 4) is 0 Å². The minimum absolute atomic E-state index is 0.0260. The van der Waals surface area contributed by atoms with Gasteiger partial charge in [-0.3, -0.25) is 14.7 Å². The molecule has 1 aromatic rings. The van der Waals surface area contributed by atoms with E-state index >= 15 is 0 Å². The summed E-state index contributed by atoms with van der Waals surface area (Å²) in [4.78, 5) is 18.3. The number of furan rings is 1. The fourth-order valence-corrected chi connectivity index (χ4v) is 2.85. The minimum Gasteiger partial charge on any atom is -0.468 e. The van der Waals surface area contributed by atoms with Crippen LogP contribution in [0.15, 0.2) is 27.8 Å². The second-order valence-electron chi connectivity index (χ2n) is 5.93. The summed E-state index contributed by atoms with van der Waals surface area (Å²) in [5.41, 5.74) is 0. The summed E-state index contributed by atoms with van der Waals surface area (Å²) in [5, 5.41) is 9.19. The molecule has 3 N–H and O–H groups in total. The molecule has 0 saturated carbocycles. The molecule has 1 saturated heterocycles. The highest BCUT2D eigenvalue weighted by molar-refractivity contribution is 5.86. The Morgan fingerprint density at radius 3 is 2.75 bits per heavy atom. The topological polar surface area (TPSA) is 81.9 Å². The van der Waals surface area contributed by atoms with Crippen molar-refractivity contribution in [2.45, 2.75) is 32.2 Å². The summed E-state index contributed by atoms with van der Waals surface area (Å²) in [6.45, 7) is 5.79. The number of nitrogens with zero attached hydrogens (tertiary/aromatic N) is 2. The van der Waals surface area contributed by atoms with Crippen LogP contribution in [0, 0.1) is 0 Å². The summed E-state index contributed by atoms with van der Waals surface area (Å²) in [7, 11) is 1.71. The Balaban J connectivity index is 1.84. The third-order valence-electron chi connectivity index (χ3n) is 4.13. The number of aliphatic imine (C=N–C) groups is 1. The van der Waals surface area contributed by atoms with Crippen molar-refractivity contribution in [2.75, 3.05) is 39.8 Å². The molecule has 7 heteroatoms. The van der Waals surface area contributed by atoms with E-state index in [-0.39, 0.29) is 18.5 Å². The maximum atomic E-state index is 11.7. The molecule has 1 aliphatic rings. The molecule has 1 unspecified atom stereocenters. The number of carbonyl (C=O) groups excluding carboxylic acids is 1. The van der Waals surface area contributed by atoms with Crippen molar-refractivity contribution < 1.29 is 9.21 Å². The van der Waals surface area contributed by atoms with Crippen molar-refractivity contribution >= 4 is 11.9 Å². The first kappa shape index (κ1) is 18.3. The number of hydrogen-bond acceptors (Lipinski definition) is 4. The second-order valence-corrected chi connectivity index (χ2v) is 5.93. The van der Waals surface area contributed by atoms with Gasteiger partial charge in [0.2, 0.25) is 5.91 Å². The number of amides is 1. The zero-order chi connectivity index (χ0) is 17.2. The number of rotatable bonds is 8. The van der Waals surface area contributed by atoms with E-state index in [1.54, 1.807) is 13.3 Å². The summed E-state index contributed by atoms with van der Waals surface area (Å²) >= 11 is 0. The Morgan fingerprint density at radius 2 is 2.12 bits per heavy atom. The second kappa shape index (κ2) is 9.97. The summed E-state index contributed by atoms with van der Waals surface area (Å²) in [6.07, 6.45) is 5.09. The molecule has 0 bridgehead atoms. The molecule has 1 fully saturated rings. The Kier molecular flexibility index (Phi) is 7.61. The maximum Gasteiger partial charge on any atom is 0.239 e. The van der Waals surface area contributed by atoms with E-state index in [1.807, 2.05) is 19.1 Å². The van der Waals surface area contributed by atoms with E-state index in [9.17, 15) is 4.79 Å². The Hall–Kier alpha value is -2.02. The lowest BCUT2D eigenvalue weighted by Crippen LogP contribution is -2.45. The molecule has 0 radical (unpaired) electrons. The van der Waals surface area contributed by atoms with Gasteiger partial charge in [-0.2, -0.15) is 0 Å². The molecule has 1 amide bonds.